The molecule has 1 aromatic heterocycles. The molecule has 2 aliphatic rings. The van der Waals surface area contributed by atoms with Gasteiger partial charge in [-0.15, -0.1) is 13.2 Å². The van der Waals surface area contributed by atoms with Gasteiger partial charge in [-0.25, -0.2) is 4.98 Å². The lowest BCUT2D eigenvalue weighted by atomic mass is 10.0. The average molecular weight is 501 g/mol. The van der Waals surface area contributed by atoms with Crippen molar-refractivity contribution in [1.82, 2.24) is 15.2 Å². The number of halogens is 3. The molecule has 36 heavy (non-hydrogen) atoms. The van der Waals surface area contributed by atoms with Gasteiger partial charge < -0.3 is 18.8 Å². The maximum atomic E-state index is 12.9. The Morgan fingerprint density at radius 2 is 1.89 bits per heavy atom. The molecule has 5 rings (SSSR count). The summed E-state index contributed by atoms with van der Waals surface area (Å²) in [5.41, 5.74) is 1.48. The standard InChI is InChI=1S/C24H18F3N3O6/c25-24(26,27)36-14-6-4-13(5-7-14)22-28-10-15(35-22)12-34-19-3-1-2-16-17(19)11-30(23(16)33)18-8-9-20(31)29-21(18)32/h1-7,10,18H,8-9,11-12H2,(H,29,31,32). The number of carbonyl (C=O) groups is 3. The minimum Gasteiger partial charge on any atom is -0.485 e. The van der Waals surface area contributed by atoms with Crippen molar-refractivity contribution in [2.45, 2.75) is 38.4 Å². The molecule has 0 radical (unpaired) electrons. The van der Waals surface area contributed by atoms with Crippen LogP contribution in [0, 0.1) is 0 Å². The first-order valence-electron chi connectivity index (χ1n) is 10.9. The Hall–Kier alpha value is -4.35. The number of carbonyl (C=O) groups excluding carboxylic acids is 3. The molecule has 1 saturated heterocycles. The number of rotatable bonds is 6. The molecule has 0 saturated carbocycles. The van der Waals surface area contributed by atoms with Gasteiger partial charge >= 0.3 is 6.36 Å². The molecule has 0 aliphatic carbocycles. The van der Waals surface area contributed by atoms with Crippen LogP contribution < -0.4 is 14.8 Å². The number of imide groups is 1. The number of alkyl halides is 3. The lowest BCUT2D eigenvalue weighted by Gasteiger charge is -2.29. The summed E-state index contributed by atoms with van der Waals surface area (Å²) in [5.74, 6) is -0.565. The van der Waals surface area contributed by atoms with Crippen molar-refractivity contribution in [3.05, 3.63) is 65.5 Å². The van der Waals surface area contributed by atoms with Gasteiger partial charge in [-0.05, 0) is 42.8 Å². The Bertz CT molecular complexity index is 1340. The van der Waals surface area contributed by atoms with E-state index in [9.17, 15) is 27.6 Å². The Morgan fingerprint density at radius 3 is 2.61 bits per heavy atom. The molecular formula is C24H18F3N3O6. The monoisotopic (exact) mass is 501 g/mol. The highest BCUT2D eigenvalue weighted by Gasteiger charge is 2.40. The fraction of sp³-hybridized carbons (Fsp3) is 0.250. The normalized spacial score (nSPS) is 17.7. The minimum atomic E-state index is -4.78. The first-order valence-corrected chi connectivity index (χ1v) is 10.9. The smallest absolute Gasteiger partial charge is 0.485 e. The van der Waals surface area contributed by atoms with Gasteiger partial charge in [-0.1, -0.05) is 6.07 Å². The van der Waals surface area contributed by atoms with Crippen LogP contribution in [-0.4, -0.2) is 40.0 Å². The topological polar surface area (TPSA) is 111 Å². The van der Waals surface area contributed by atoms with Gasteiger partial charge in [-0.3, -0.25) is 19.7 Å². The van der Waals surface area contributed by atoms with E-state index in [0.29, 0.717) is 28.2 Å². The van der Waals surface area contributed by atoms with Crippen molar-refractivity contribution >= 4 is 17.7 Å². The summed E-state index contributed by atoms with van der Waals surface area (Å²) in [6, 6.07) is 9.35. The number of aromatic nitrogens is 1. The van der Waals surface area contributed by atoms with E-state index in [2.05, 4.69) is 15.0 Å². The molecule has 2 aromatic carbocycles. The maximum absolute atomic E-state index is 12.9. The number of benzene rings is 2. The van der Waals surface area contributed by atoms with Crippen molar-refractivity contribution in [2.75, 3.05) is 0 Å². The van der Waals surface area contributed by atoms with E-state index in [1.54, 1.807) is 18.2 Å². The highest BCUT2D eigenvalue weighted by atomic mass is 19.4. The highest BCUT2D eigenvalue weighted by Crippen LogP contribution is 2.34. The van der Waals surface area contributed by atoms with Crippen LogP contribution in [0.4, 0.5) is 13.2 Å². The summed E-state index contributed by atoms with van der Waals surface area (Å²) in [7, 11) is 0. The molecule has 1 fully saturated rings. The number of ether oxygens (including phenoxy) is 2. The Labute approximate surface area is 201 Å². The molecule has 1 N–H and O–H groups in total. The molecule has 9 nitrogen and oxygen atoms in total. The fourth-order valence-electron chi connectivity index (χ4n) is 4.15. The Balaban J connectivity index is 1.26. The maximum Gasteiger partial charge on any atom is 0.573 e. The van der Waals surface area contributed by atoms with Crippen LogP contribution in [0.25, 0.3) is 11.5 Å². The van der Waals surface area contributed by atoms with E-state index in [4.69, 9.17) is 9.15 Å². The number of hydrogen-bond donors (Lipinski definition) is 1. The van der Waals surface area contributed by atoms with Gasteiger partial charge in [0.1, 0.15) is 24.1 Å². The van der Waals surface area contributed by atoms with Gasteiger partial charge in [0.2, 0.25) is 17.7 Å². The van der Waals surface area contributed by atoms with Gasteiger partial charge in [0.15, 0.2) is 5.76 Å². The lowest BCUT2D eigenvalue weighted by molar-refractivity contribution is -0.274. The summed E-state index contributed by atoms with van der Waals surface area (Å²) in [6.07, 6.45) is -2.94. The van der Waals surface area contributed by atoms with Crippen LogP contribution in [0.15, 0.2) is 53.1 Å². The summed E-state index contributed by atoms with van der Waals surface area (Å²) in [5, 5.41) is 2.26. The predicted molar refractivity (Wildman–Crippen MR) is 115 cm³/mol. The molecule has 0 bridgehead atoms. The number of amides is 3. The number of nitrogens with one attached hydrogen (secondary N) is 1. The van der Waals surface area contributed by atoms with Crippen LogP contribution in [0.2, 0.25) is 0 Å². The zero-order chi connectivity index (χ0) is 25.4. The number of piperidine rings is 1. The Kier molecular flexibility index (Phi) is 5.86. The van der Waals surface area contributed by atoms with Crippen LogP contribution in [0.3, 0.4) is 0 Å². The second kappa shape index (κ2) is 9.02. The first kappa shape index (κ1) is 23.4. The van der Waals surface area contributed by atoms with E-state index < -0.39 is 18.3 Å². The van der Waals surface area contributed by atoms with E-state index in [0.717, 1.165) is 12.1 Å². The number of nitrogens with zero attached hydrogens (tertiary/aromatic N) is 2. The van der Waals surface area contributed by atoms with E-state index in [-0.39, 0.29) is 49.4 Å². The number of fused-ring (bicyclic) bond motifs is 1. The van der Waals surface area contributed by atoms with E-state index in [1.165, 1.54) is 23.2 Å². The molecule has 12 heteroatoms. The SMILES string of the molecule is O=C1CCC(N2Cc3c(OCc4cnc(-c5ccc(OC(F)(F)F)cc5)o4)cccc3C2=O)C(=O)N1. The lowest BCUT2D eigenvalue weighted by Crippen LogP contribution is -2.52. The molecule has 0 spiro atoms. The third-order valence-electron chi connectivity index (χ3n) is 5.80. The summed E-state index contributed by atoms with van der Waals surface area (Å²) in [4.78, 5) is 42.2. The molecule has 3 amide bonds. The fourth-order valence-corrected chi connectivity index (χ4v) is 4.15. The summed E-state index contributed by atoms with van der Waals surface area (Å²) in [6.45, 7) is 0.135. The van der Waals surface area contributed by atoms with Crippen LogP contribution in [0.1, 0.15) is 34.5 Å². The van der Waals surface area contributed by atoms with Gasteiger partial charge in [-0.2, -0.15) is 0 Å². The third kappa shape index (κ3) is 4.74. The zero-order valence-electron chi connectivity index (χ0n) is 18.5. The molecular weight excluding hydrogens is 483 g/mol. The van der Waals surface area contributed by atoms with Gasteiger partial charge in [0, 0.05) is 23.1 Å². The molecule has 1 atom stereocenters. The highest BCUT2D eigenvalue weighted by molar-refractivity contribution is 6.05. The largest absolute Gasteiger partial charge is 0.573 e. The quantitative estimate of drug-likeness (QED) is 0.514. The second-order valence-electron chi connectivity index (χ2n) is 8.17. The molecule has 3 heterocycles. The molecule has 2 aliphatic heterocycles. The Morgan fingerprint density at radius 1 is 1.11 bits per heavy atom. The molecule has 186 valence electrons. The zero-order valence-corrected chi connectivity index (χ0v) is 18.5. The molecule has 3 aromatic rings. The third-order valence-corrected chi connectivity index (χ3v) is 5.80. The van der Waals surface area contributed by atoms with Crippen molar-refractivity contribution in [3.63, 3.8) is 0 Å². The number of oxazole rings is 1. The van der Waals surface area contributed by atoms with Crippen LogP contribution >= 0.6 is 0 Å². The average Bonchev–Trinajstić information content (AvgIpc) is 3.43. The van der Waals surface area contributed by atoms with Crippen molar-refractivity contribution in [1.29, 1.82) is 0 Å². The van der Waals surface area contributed by atoms with Gasteiger partial charge in [0.05, 0.1) is 12.7 Å². The summed E-state index contributed by atoms with van der Waals surface area (Å²) >= 11 is 0. The van der Waals surface area contributed by atoms with Crippen LogP contribution in [0.5, 0.6) is 11.5 Å². The predicted octanol–water partition coefficient (Wildman–Crippen LogP) is 3.58. The van der Waals surface area contributed by atoms with Crippen LogP contribution in [-0.2, 0) is 22.7 Å². The first-order chi connectivity index (χ1) is 17.2. The van der Waals surface area contributed by atoms with E-state index >= 15 is 0 Å². The van der Waals surface area contributed by atoms with Crippen molar-refractivity contribution in [3.8, 4) is 23.0 Å². The van der Waals surface area contributed by atoms with Crippen molar-refractivity contribution in [2.24, 2.45) is 0 Å². The summed E-state index contributed by atoms with van der Waals surface area (Å²) < 4.78 is 52.4. The van der Waals surface area contributed by atoms with Gasteiger partial charge in [0.25, 0.3) is 5.91 Å². The number of hydrogen-bond acceptors (Lipinski definition) is 7. The van der Waals surface area contributed by atoms with E-state index in [1.807, 2.05) is 0 Å². The molecule has 1 unspecified atom stereocenters. The van der Waals surface area contributed by atoms with Crippen molar-refractivity contribution < 1.29 is 41.4 Å². The second-order valence-corrected chi connectivity index (χ2v) is 8.17. The minimum absolute atomic E-state index is 0.0225.